The van der Waals surface area contributed by atoms with Crippen LogP contribution in [0.2, 0.25) is 15.3 Å². The van der Waals surface area contributed by atoms with Gasteiger partial charge in [-0.15, -0.1) is 22.7 Å². The SMILES string of the molecule is C1CCOC1.Clc1ccc(-c2nc(-c3ccccc3)nc(-c3ccc4c(c3)sc3ccccc34)n2)cc1.Clc1nc(-c2ccccc2)nc(-c2ccc3c(c2)sc2ccccc23)n1.OB(O)c1ccc(Cl)cc1.[B]. The fraction of sp³-hybridized carbons (Fsp3) is 0.0690. The molecular weight excluding hydrogens is 1020 g/mol. The molecule has 12 aromatic rings. The zero-order valence-corrected chi connectivity index (χ0v) is 43.3. The van der Waals surface area contributed by atoms with Crippen molar-refractivity contribution in [3.8, 4) is 56.9 Å². The normalized spacial score (nSPS) is 11.7. The van der Waals surface area contributed by atoms with Crippen molar-refractivity contribution in [3.05, 3.63) is 209 Å². The fourth-order valence-corrected chi connectivity index (χ4v) is 10.7. The summed E-state index contributed by atoms with van der Waals surface area (Å²) >= 11 is 21.4. The Kier molecular flexibility index (Phi) is 17.2. The van der Waals surface area contributed by atoms with E-state index in [1.165, 1.54) is 53.2 Å². The van der Waals surface area contributed by atoms with Crippen molar-refractivity contribution in [3.63, 3.8) is 0 Å². The van der Waals surface area contributed by atoms with E-state index in [2.05, 4.69) is 93.8 Å². The lowest BCUT2D eigenvalue weighted by molar-refractivity contribution is 0.198. The van der Waals surface area contributed by atoms with Crippen LogP contribution in [-0.4, -0.2) is 68.7 Å². The average molecular weight is 1060 g/mol. The number of fused-ring (bicyclic) bond motifs is 6. The fourth-order valence-electron chi connectivity index (χ4n) is 8.02. The van der Waals surface area contributed by atoms with E-state index in [4.69, 9.17) is 64.5 Å². The molecule has 5 heterocycles. The molecule has 1 fully saturated rings. The highest BCUT2D eigenvalue weighted by Gasteiger charge is 2.15. The van der Waals surface area contributed by atoms with Gasteiger partial charge in [0.05, 0.1) is 0 Å². The zero-order valence-electron chi connectivity index (χ0n) is 39.4. The van der Waals surface area contributed by atoms with E-state index in [9.17, 15) is 0 Å². The minimum atomic E-state index is -1.41. The molecule has 0 amide bonds. The second-order valence-corrected chi connectivity index (χ2v) is 20.0. The number of nitrogens with zero attached hydrogens (tertiary/aromatic N) is 6. The number of halogens is 3. The van der Waals surface area contributed by atoms with Crippen LogP contribution in [0, 0.1) is 0 Å². The van der Waals surface area contributed by atoms with Gasteiger partial charge < -0.3 is 14.8 Å². The first-order valence-electron chi connectivity index (χ1n) is 23.3. The summed E-state index contributed by atoms with van der Waals surface area (Å²) in [6.45, 7) is 2.00. The third-order valence-electron chi connectivity index (χ3n) is 11.7. The molecule has 1 aliphatic rings. The van der Waals surface area contributed by atoms with Gasteiger partial charge in [0.2, 0.25) is 5.28 Å². The monoisotopic (exact) mass is 1060 g/mol. The van der Waals surface area contributed by atoms with Gasteiger partial charge in [0.25, 0.3) is 0 Å². The van der Waals surface area contributed by atoms with Crippen LogP contribution in [0.25, 0.3) is 97.3 Å². The van der Waals surface area contributed by atoms with Gasteiger partial charge in [0.15, 0.2) is 29.1 Å². The summed E-state index contributed by atoms with van der Waals surface area (Å²) in [6, 6.07) is 63.4. The zero-order chi connectivity index (χ0) is 50.1. The van der Waals surface area contributed by atoms with Crippen LogP contribution in [0.1, 0.15) is 12.8 Å². The molecule has 0 bridgehead atoms. The number of benzene rings is 8. The minimum absolute atomic E-state index is 0. The minimum Gasteiger partial charge on any atom is -0.423 e. The largest absolute Gasteiger partial charge is 0.488 e. The number of ether oxygens (including phenoxy) is 1. The Bertz CT molecular complexity index is 3810. The van der Waals surface area contributed by atoms with Crippen molar-refractivity contribution < 1.29 is 14.8 Å². The van der Waals surface area contributed by atoms with Gasteiger partial charge in [0, 0.05) is 99.8 Å². The topological polar surface area (TPSA) is 127 Å². The molecule has 9 nitrogen and oxygen atoms in total. The molecular formula is C58H42B2Cl3N6O3S2. The Morgan fingerprint density at radius 2 is 0.730 bits per heavy atom. The maximum Gasteiger partial charge on any atom is 0.488 e. The smallest absolute Gasteiger partial charge is 0.423 e. The molecule has 3 radical (unpaired) electrons. The standard InChI is InChI=1S/C27H16ClN3S.C21H12ClN3S.C6H6BClO2.C4H8O.B/c28-20-13-10-18(11-14-20)26-29-25(17-6-2-1-3-7-17)30-27(31-26)19-12-15-22-21-8-4-5-9-23(21)32-24(22)16-19;22-21-24-19(13-6-2-1-3-7-13)23-20(25-21)14-10-11-16-15-8-4-5-9-17(15)26-18(16)12-14;8-6-3-1-5(2-4-6)7(9)10;1-2-4-5-3-1;/h1-16H;1-12H;1-4,9-10H;1-4H2;. The van der Waals surface area contributed by atoms with Crippen LogP contribution in [0.5, 0.6) is 0 Å². The molecule has 1 saturated heterocycles. The maximum atomic E-state index is 8.63. The first-order valence-corrected chi connectivity index (χ1v) is 26.1. The summed E-state index contributed by atoms with van der Waals surface area (Å²) in [5, 5.41) is 23.8. The molecule has 74 heavy (non-hydrogen) atoms. The first kappa shape index (κ1) is 52.0. The molecule has 4 aromatic heterocycles. The van der Waals surface area contributed by atoms with Crippen LogP contribution in [-0.2, 0) is 4.74 Å². The van der Waals surface area contributed by atoms with Crippen LogP contribution in [0.15, 0.2) is 194 Å². The summed E-state index contributed by atoms with van der Waals surface area (Å²) in [5.41, 5.74) is 5.13. The summed E-state index contributed by atoms with van der Waals surface area (Å²) in [6.07, 6.45) is 2.56. The Morgan fingerprint density at radius 3 is 1.16 bits per heavy atom. The van der Waals surface area contributed by atoms with Crippen molar-refractivity contribution in [1.29, 1.82) is 0 Å². The van der Waals surface area contributed by atoms with Gasteiger partial charge in [-0.2, -0.15) is 9.97 Å². The molecule has 2 N–H and O–H groups in total. The van der Waals surface area contributed by atoms with Crippen molar-refractivity contribution >= 4 is 119 Å². The molecule has 13 rings (SSSR count). The summed E-state index contributed by atoms with van der Waals surface area (Å²) < 4.78 is 9.93. The highest BCUT2D eigenvalue weighted by Crippen LogP contribution is 2.38. The van der Waals surface area contributed by atoms with Crippen LogP contribution < -0.4 is 5.46 Å². The third-order valence-corrected chi connectivity index (χ3v) is 14.6. The highest BCUT2D eigenvalue weighted by atomic mass is 35.5. The quantitative estimate of drug-likeness (QED) is 0.157. The lowest BCUT2D eigenvalue weighted by Crippen LogP contribution is -2.29. The summed E-state index contributed by atoms with van der Waals surface area (Å²) in [4.78, 5) is 27.7. The summed E-state index contributed by atoms with van der Waals surface area (Å²) in [7, 11) is -1.41. The predicted octanol–water partition coefficient (Wildman–Crippen LogP) is 14.6. The van der Waals surface area contributed by atoms with E-state index in [0.29, 0.717) is 44.6 Å². The van der Waals surface area contributed by atoms with Crippen LogP contribution in [0.3, 0.4) is 0 Å². The predicted molar refractivity (Wildman–Crippen MR) is 310 cm³/mol. The van der Waals surface area contributed by atoms with Crippen molar-refractivity contribution in [1.82, 2.24) is 29.9 Å². The third kappa shape index (κ3) is 12.5. The van der Waals surface area contributed by atoms with Gasteiger partial charge in [-0.05, 0) is 90.6 Å². The van der Waals surface area contributed by atoms with E-state index >= 15 is 0 Å². The van der Waals surface area contributed by atoms with Gasteiger partial charge in [-0.1, -0.05) is 157 Å². The molecule has 0 unspecified atom stereocenters. The average Bonchev–Trinajstić information content (AvgIpc) is 4.23. The van der Waals surface area contributed by atoms with Crippen molar-refractivity contribution in [2.75, 3.05) is 13.2 Å². The van der Waals surface area contributed by atoms with Crippen LogP contribution in [0.4, 0.5) is 0 Å². The first-order chi connectivity index (χ1) is 35.7. The van der Waals surface area contributed by atoms with Gasteiger partial charge >= 0.3 is 7.12 Å². The number of hydrogen-bond acceptors (Lipinski definition) is 11. The Hall–Kier alpha value is -6.90. The Morgan fingerprint density at radius 1 is 0.378 bits per heavy atom. The van der Waals surface area contributed by atoms with E-state index in [1.807, 2.05) is 91.0 Å². The lowest BCUT2D eigenvalue weighted by Gasteiger charge is -2.08. The van der Waals surface area contributed by atoms with Crippen molar-refractivity contribution in [2.45, 2.75) is 12.8 Å². The van der Waals surface area contributed by atoms with Crippen molar-refractivity contribution in [2.24, 2.45) is 0 Å². The maximum absolute atomic E-state index is 8.63. The molecule has 16 heteroatoms. The molecule has 8 aromatic carbocycles. The van der Waals surface area contributed by atoms with Crippen LogP contribution >= 0.6 is 57.5 Å². The number of hydrogen-bond donors (Lipinski definition) is 2. The molecule has 0 aliphatic carbocycles. The van der Waals surface area contributed by atoms with E-state index in [1.54, 1.807) is 46.9 Å². The molecule has 0 atom stereocenters. The van der Waals surface area contributed by atoms with E-state index in [-0.39, 0.29) is 13.7 Å². The van der Waals surface area contributed by atoms with Gasteiger partial charge in [0.1, 0.15) is 0 Å². The number of thiophene rings is 2. The van der Waals surface area contributed by atoms with E-state index in [0.717, 1.165) is 41.0 Å². The molecule has 0 spiro atoms. The Labute approximate surface area is 452 Å². The lowest BCUT2D eigenvalue weighted by atomic mass is 9.81. The Balaban J connectivity index is 0.000000142. The second-order valence-electron chi connectivity index (χ2n) is 16.7. The summed E-state index contributed by atoms with van der Waals surface area (Å²) in [5.74, 6) is 3.10. The highest BCUT2D eigenvalue weighted by molar-refractivity contribution is 7.26. The molecule has 1 aliphatic heterocycles. The number of rotatable bonds is 6. The van der Waals surface area contributed by atoms with Gasteiger partial charge in [-0.25, -0.2) is 19.9 Å². The molecule has 0 saturated carbocycles. The van der Waals surface area contributed by atoms with Gasteiger partial charge in [-0.3, -0.25) is 0 Å². The van der Waals surface area contributed by atoms with E-state index < -0.39 is 7.12 Å². The number of aromatic nitrogens is 6. The second kappa shape index (κ2) is 24.4. The molecule has 361 valence electrons.